The number of hydrogen-bond donors (Lipinski definition) is 1. The quantitative estimate of drug-likeness (QED) is 0.0727. The summed E-state index contributed by atoms with van der Waals surface area (Å²) in [7, 11) is -4.12. The van der Waals surface area contributed by atoms with E-state index in [9.17, 15) is 13.2 Å². The van der Waals surface area contributed by atoms with E-state index in [4.69, 9.17) is 9.29 Å². The van der Waals surface area contributed by atoms with E-state index in [1.54, 1.807) is 0 Å². The van der Waals surface area contributed by atoms with Gasteiger partial charge in [-0.15, -0.1) is 0 Å². The number of rotatable bonds is 25. The molecule has 0 aliphatic heterocycles. The van der Waals surface area contributed by atoms with E-state index in [2.05, 4.69) is 6.92 Å². The second-order valence-corrected chi connectivity index (χ2v) is 11.3. The third kappa shape index (κ3) is 31.0. The molecule has 0 aromatic carbocycles. The molecule has 0 heterocycles. The van der Waals surface area contributed by atoms with Gasteiger partial charge in [-0.1, -0.05) is 135 Å². The van der Waals surface area contributed by atoms with Gasteiger partial charge in [-0.25, -0.2) is 0 Å². The summed E-state index contributed by atoms with van der Waals surface area (Å²) in [5.41, 5.74) is 0. The van der Waals surface area contributed by atoms with E-state index >= 15 is 0 Å². The summed E-state index contributed by atoms with van der Waals surface area (Å²) >= 11 is 0. The molecule has 0 bridgehead atoms. The second-order valence-electron chi connectivity index (χ2n) is 9.84. The molecule has 0 aliphatic rings. The topological polar surface area (TPSA) is 80.7 Å². The van der Waals surface area contributed by atoms with Crippen LogP contribution >= 0.6 is 0 Å². The van der Waals surface area contributed by atoms with Crippen molar-refractivity contribution in [3.63, 3.8) is 0 Å². The Morgan fingerprint density at radius 2 is 0.971 bits per heavy atom. The summed E-state index contributed by atoms with van der Waals surface area (Å²) in [5, 5.41) is 0. The van der Waals surface area contributed by atoms with Crippen molar-refractivity contribution < 1.29 is 75.3 Å². The van der Waals surface area contributed by atoms with Crippen molar-refractivity contribution in [2.75, 3.05) is 5.75 Å². The minimum Gasteiger partial charge on any atom is -1.00 e. The van der Waals surface area contributed by atoms with Crippen LogP contribution in [0, 0.1) is 0 Å². The molecule has 1 unspecified atom stereocenters. The summed E-state index contributed by atoms with van der Waals surface area (Å²) in [5.74, 6) is -1.02. The van der Waals surface area contributed by atoms with Gasteiger partial charge in [0.2, 0.25) is 0 Å². The molecule has 0 amide bonds. The van der Waals surface area contributed by atoms with Gasteiger partial charge in [0.25, 0.3) is 10.1 Å². The first-order chi connectivity index (χ1) is 15.8. The fourth-order valence-electron chi connectivity index (χ4n) is 4.45. The molecule has 0 saturated heterocycles. The van der Waals surface area contributed by atoms with Crippen molar-refractivity contribution in [2.45, 2.75) is 161 Å². The number of unbranched alkanes of at least 4 members (excludes halogenated alkanes) is 20. The Morgan fingerprint density at radius 1 is 0.676 bits per heavy atom. The van der Waals surface area contributed by atoms with Gasteiger partial charge in [-0.05, 0) is 12.8 Å². The summed E-state index contributed by atoms with van der Waals surface area (Å²) in [6.07, 6.45) is 27.5. The maximum atomic E-state index is 11.1. The maximum Gasteiger partial charge on any atom is 1.00 e. The molecule has 200 valence electrons. The third-order valence-corrected chi connectivity index (χ3v) is 7.15. The van der Waals surface area contributed by atoms with E-state index in [1.165, 1.54) is 122 Å². The zero-order valence-electron chi connectivity index (χ0n) is 23.8. The summed E-state index contributed by atoms with van der Waals surface area (Å²) in [4.78, 5) is 11.1. The minimum atomic E-state index is -4.12. The Kier molecular flexibility index (Phi) is 29.6. The van der Waals surface area contributed by atoms with Gasteiger partial charge in [0.15, 0.2) is 0 Å². The predicted octanol–water partition coefficient (Wildman–Crippen LogP) is 5.52. The van der Waals surface area contributed by atoms with Crippen molar-refractivity contribution in [3.05, 3.63) is 0 Å². The summed E-state index contributed by atoms with van der Waals surface area (Å²) in [6.45, 7) is 3.54. The first kappa shape index (κ1) is 37.2. The van der Waals surface area contributed by atoms with Gasteiger partial charge in [0.1, 0.15) is 11.9 Å². The molecule has 1 N–H and O–H groups in total. The Bertz CT molecular complexity index is 546. The number of ether oxygens (including phenoxy) is 1. The molecular formula is C27H55KO5S. The molecule has 1 atom stereocenters. The van der Waals surface area contributed by atoms with Crippen LogP contribution in [-0.2, 0) is 19.6 Å². The number of hydrogen-bond acceptors (Lipinski definition) is 4. The average Bonchev–Trinajstić information content (AvgIpc) is 2.73. The SMILES string of the molecule is CCCCCCCCCCCCCCCCCCCCCCCC(CS(=O)(=O)O)OC(C)=O.[H-].[K+]. The number of esters is 1. The number of carbonyl (C=O) groups is 1. The zero-order chi connectivity index (χ0) is 24.6. The molecule has 34 heavy (non-hydrogen) atoms. The van der Waals surface area contributed by atoms with Crippen LogP contribution in [0.5, 0.6) is 0 Å². The van der Waals surface area contributed by atoms with Crippen LogP contribution in [0.15, 0.2) is 0 Å². The molecule has 0 radical (unpaired) electrons. The van der Waals surface area contributed by atoms with Crippen LogP contribution in [0.3, 0.4) is 0 Å². The number of carbonyl (C=O) groups excluding carboxylic acids is 1. The standard InChI is InChI=1S/C27H54O5S.K.H/c1-3-4-5-6-7-8-9-10-11-12-13-14-15-16-17-18-19-20-21-22-23-24-27(32-26(2)28)25-33(29,30)31;;/h27H,3-25H2,1-2H3,(H,29,30,31);;/q;+1;-1. The van der Waals surface area contributed by atoms with Crippen LogP contribution in [0.2, 0.25) is 0 Å². The van der Waals surface area contributed by atoms with Gasteiger partial charge >= 0.3 is 57.4 Å². The first-order valence-electron chi connectivity index (χ1n) is 14.0. The summed E-state index contributed by atoms with van der Waals surface area (Å²) in [6, 6.07) is 0. The molecule has 0 fully saturated rings. The van der Waals surface area contributed by atoms with Crippen LogP contribution in [0.25, 0.3) is 0 Å². The first-order valence-corrected chi connectivity index (χ1v) is 15.6. The molecule has 0 aliphatic carbocycles. The zero-order valence-corrected chi connectivity index (χ0v) is 26.8. The average molecular weight is 531 g/mol. The van der Waals surface area contributed by atoms with Crippen molar-refractivity contribution in [1.29, 1.82) is 0 Å². The Balaban J connectivity index is -0.00000512. The van der Waals surface area contributed by atoms with Crippen LogP contribution < -0.4 is 51.4 Å². The largest absolute Gasteiger partial charge is 1.00 e. The van der Waals surface area contributed by atoms with Crippen LogP contribution in [-0.4, -0.2) is 30.8 Å². The van der Waals surface area contributed by atoms with Gasteiger partial charge < -0.3 is 6.16 Å². The van der Waals surface area contributed by atoms with Crippen molar-refractivity contribution in [2.24, 2.45) is 0 Å². The van der Waals surface area contributed by atoms with Crippen molar-refractivity contribution >= 4 is 16.1 Å². The maximum absolute atomic E-state index is 11.1. The molecular weight excluding hydrogens is 475 g/mol. The second kappa shape index (κ2) is 27.1. The fourth-order valence-corrected chi connectivity index (χ4v) is 5.15. The monoisotopic (exact) mass is 530 g/mol. The van der Waals surface area contributed by atoms with Gasteiger partial charge in [-0.2, -0.15) is 8.42 Å². The molecule has 0 rings (SSSR count). The van der Waals surface area contributed by atoms with Crippen LogP contribution in [0.1, 0.15) is 157 Å². The molecule has 0 aromatic rings. The van der Waals surface area contributed by atoms with Crippen molar-refractivity contribution in [1.82, 2.24) is 0 Å². The Hall–Kier alpha value is 1.02. The van der Waals surface area contributed by atoms with E-state index in [0.29, 0.717) is 6.42 Å². The van der Waals surface area contributed by atoms with E-state index < -0.39 is 27.9 Å². The smallest absolute Gasteiger partial charge is 1.00 e. The molecule has 0 spiro atoms. The minimum absolute atomic E-state index is 0. The van der Waals surface area contributed by atoms with Gasteiger partial charge in [0, 0.05) is 6.92 Å². The normalized spacial score (nSPS) is 12.3. The molecule has 7 heteroatoms. The fraction of sp³-hybridized carbons (Fsp3) is 0.963. The Morgan fingerprint density at radius 3 is 1.24 bits per heavy atom. The van der Waals surface area contributed by atoms with Crippen LogP contribution in [0.4, 0.5) is 0 Å². The Labute approximate surface area is 256 Å². The van der Waals surface area contributed by atoms with Gasteiger partial charge in [0.05, 0.1) is 0 Å². The van der Waals surface area contributed by atoms with E-state index in [1.807, 2.05) is 0 Å². The molecule has 5 nitrogen and oxygen atoms in total. The van der Waals surface area contributed by atoms with E-state index in [-0.39, 0.29) is 52.8 Å². The predicted molar refractivity (Wildman–Crippen MR) is 140 cm³/mol. The van der Waals surface area contributed by atoms with E-state index in [0.717, 1.165) is 19.3 Å². The summed E-state index contributed by atoms with van der Waals surface area (Å²) < 4.78 is 36.0. The molecule has 0 aromatic heterocycles. The third-order valence-electron chi connectivity index (χ3n) is 6.36. The van der Waals surface area contributed by atoms with Gasteiger partial charge in [-0.3, -0.25) is 9.35 Å². The van der Waals surface area contributed by atoms with Crippen molar-refractivity contribution in [3.8, 4) is 0 Å². The molecule has 0 saturated carbocycles.